The number of benzene rings is 2. The molecule has 2 fully saturated rings. The number of amides is 1. The fourth-order valence-corrected chi connectivity index (χ4v) is 5.74. The van der Waals surface area contributed by atoms with Gasteiger partial charge in [-0.15, -0.1) is 5.48 Å². The number of carbonyl (C=O) groups is 1. The van der Waals surface area contributed by atoms with Gasteiger partial charge in [0, 0.05) is 51.4 Å². The number of hydroxylamine groups is 1. The van der Waals surface area contributed by atoms with Crippen LogP contribution in [-0.4, -0.2) is 65.4 Å². The molecule has 2 aromatic carbocycles. The first-order valence-corrected chi connectivity index (χ1v) is 14.0. The predicted molar refractivity (Wildman–Crippen MR) is 150 cm³/mol. The van der Waals surface area contributed by atoms with E-state index in [0.29, 0.717) is 17.8 Å². The second kappa shape index (κ2) is 12.7. The Bertz CT molecular complexity index is 1040. The molecule has 3 aliphatic heterocycles. The van der Waals surface area contributed by atoms with Gasteiger partial charge < -0.3 is 9.74 Å². The third-order valence-corrected chi connectivity index (χ3v) is 7.93. The molecule has 2 aromatic rings. The average Bonchev–Trinajstić information content (AvgIpc) is 3.33. The summed E-state index contributed by atoms with van der Waals surface area (Å²) in [6.07, 6.45) is 2.07. The van der Waals surface area contributed by atoms with Gasteiger partial charge in [-0.1, -0.05) is 74.0 Å². The van der Waals surface area contributed by atoms with Crippen molar-refractivity contribution in [2.24, 2.45) is 0 Å². The third-order valence-electron chi connectivity index (χ3n) is 7.93. The number of rotatable bonds is 5. The molecule has 200 valence electrons. The van der Waals surface area contributed by atoms with Crippen molar-refractivity contribution in [3.63, 3.8) is 0 Å². The van der Waals surface area contributed by atoms with Crippen LogP contribution in [0.3, 0.4) is 0 Å². The Morgan fingerprint density at radius 2 is 1.62 bits per heavy atom. The number of carbonyl (C=O) groups excluding carboxylic acids is 1. The number of hydrogen-bond donors (Lipinski definition) is 1. The molecule has 3 heterocycles. The summed E-state index contributed by atoms with van der Waals surface area (Å²) in [5.41, 5.74) is 7.56. The molecule has 1 N–H and O–H groups in total. The molecule has 0 saturated carbocycles. The number of allylic oxidation sites excluding steroid dienone is 1. The smallest absolute Gasteiger partial charge is 0.255 e. The van der Waals surface area contributed by atoms with E-state index >= 15 is 0 Å². The van der Waals surface area contributed by atoms with Crippen LogP contribution in [0.4, 0.5) is 0 Å². The number of aryl methyl sites for hydroxylation is 1. The summed E-state index contributed by atoms with van der Waals surface area (Å²) < 4.78 is 0. The lowest BCUT2D eigenvalue weighted by Gasteiger charge is -2.45. The maximum Gasteiger partial charge on any atom is 0.255 e. The van der Waals surface area contributed by atoms with Crippen LogP contribution in [0, 0.1) is 6.92 Å². The lowest BCUT2D eigenvalue weighted by atomic mass is 9.96. The summed E-state index contributed by atoms with van der Waals surface area (Å²) in [6.45, 7) is 16.3. The lowest BCUT2D eigenvalue weighted by molar-refractivity contribution is -0.129. The maximum atomic E-state index is 13.5. The Hall–Kier alpha value is -2.67. The number of nitrogens with one attached hydrogen (secondary N) is 1. The van der Waals surface area contributed by atoms with Gasteiger partial charge in [0.25, 0.3) is 5.91 Å². The standard InChI is InChI=1S/C29H38N4O2.C2H6/c1-21-9-11-24(12-10-21)20-32-17-18-33(19-22(32)2)26-13-15-31(16-14-26)29(34)27-23(3)35-30-28(27)25-7-5-4-6-8-25;1-2/h4-12,22,26,28,30H,13-20H2,1-3H3;1-2H3/t22-,28?;/m0./s1. The highest BCUT2D eigenvalue weighted by Gasteiger charge is 2.37. The number of likely N-dealkylation sites (tertiary alicyclic amines) is 1. The average molecular weight is 505 g/mol. The zero-order valence-electron chi connectivity index (χ0n) is 23.2. The maximum absolute atomic E-state index is 13.5. The van der Waals surface area contributed by atoms with Crippen LogP contribution in [-0.2, 0) is 16.2 Å². The monoisotopic (exact) mass is 504 g/mol. The minimum absolute atomic E-state index is 0.107. The first kappa shape index (κ1) is 27.4. The quantitative estimate of drug-likeness (QED) is 0.616. The Morgan fingerprint density at radius 1 is 0.946 bits per heavy atom. The Morgan fingerprint density at radius 3 is 2.27 bits per heavy atom. The largest absolute Gasteiger partial charge is 0.412 e. The minimum Gasteiger partial charge on any atom is -0.412 e. The summed E-state index contributed by atoms with van der Waals surface area (Å²) in [5, 5.41) is 0. The zero-order valence-corrected chi connectivity index (χ0v) is 23.2. The molecule has 6 heteroatoms. The van der Waals surface area contributed by atoms with Crippen molar-refractivity contribution in [1.82, 2.24) is 20.2 Å². The summed E-state index contributed by atoms with van der Waals surface area (Å²) in [4.78, 5) is 26.4. The molecule has 37 heavy (non-hydrogen) atoms. The Kier molecular flexibility index (Phi) is 9.41. The molecule has 2 atom stereocenters. The number of hydrogen-bond acceptors (Lipinski definition) is 5. The van der Waals surface area contributed by atoms with Crippen LogP contribution in [0.25, 0.3) is 0 Å². The number of piperidine rings is 1. The summed E-state index contributed by atoms with van der Waals surface area (Å²) in [5.74, 6) is 0.792. The van der Waals surface area contributed by atoms with Crippen molar-refractivity contribution in [2.45, 2.75) is 72.1 Å². The number of nitrogens with zero attached hydrogens (tertiary/aromatic N) is 3. The van der Waals surface area contributed by atoms with Crippen molar-refractivity contribution in [2.75, 3.05) is 32.7 Å². The van der Waals surface area contributed by atoms with E-state index in [1.165, 1.54) is 11.1 Å². The lowest BCUT2D eigenvalue weighted by Crippen LogP contribution is -2.56. The molecular formula is C31H44N4O2. The minimum atomic E-state index is -0.205. The Labute approximate surface area is 223 Å². The van der Waals surface area contributed by atoms with Gasteiger partial charge >= 0.3 is 0 Å². The summed E-state index contributed by atoms with van der Waals surface area (Å²) in [6, 6.07) is 19.9. The second-order valence-corrected chi connectivity index (χ2v) is 10.4. The van der Waals surface area contributed by atoms with Crippen molar-refractivity contribution in [1.29, 1.82) is 0 Å². The van der Waals surface area contributed by atoms with E-state index in [1.54, 1.807) is 0 Å². The first-order valence-electron chi connectivity index (χ1n) is 14.0. The van der Waals surface area contributed by atoms with Gasteiger partial charge in [0.2, 0.25) is 0 Å². The Balaban J connectivity index is 0.00000156. The highest BCUT2D eigenvalue weighted by molar-refractivity contribution is 5.95. The molecule has 6 nitrogen and oxygen atoms in total. The molecule has 1 amide bonds. The van der Waals surface area contributed by atoms with Crippen molar-refractivity contribution >= 4 is 5.91 Å². The number of piperazine rings is 1. The molecule has 0 radical (unpaired) electrons. The zero-order chi connectivity index (χ0) is 26.4. The molecule has 0 aliphatic carbocycles. The normalized spacial score (nSPS) is 23.4. The van der Waals surface area contributed by atoms with E-state index < -0.39 is 0 Å². The van der Waals surface area contributed by atoms with Crippen molar-refractivity contribution in [3.05, 3.63) is 82.6 Å². The van der Waals surface area contributed by atoms with Gasteiger partial charge in [-0.25, -0.2) is 0 Å². The van der Waals surface area contributed by atoms with E-state index in [2.05, 4.69) is 53.4 Å². The second-order valence-electron chi connectivity index (χ2n) is 10.4. The fourth-order valence-electron chi connectivity index (χ4n) is 5.74. The van der Waals surface area contributed by atoms with Crippen LogP contribution in [0.2, 0.25) is 0 Å². The molecule has 0 spiro atoms. The van der Waals surface area contributed by atoms with Crippen molar-refractivity contribution in [3.8, 4) is 0 Å². The van der Waals surface area contributed by atoms with E-state index in [9.17, 15) is 4.79 Å². The molecule has 3 aliphatic rings. The highest BCUT2D eigenvalue weighted by atomic mass is 16.7. The molecule has 0 bridgehead atoms. The fraction of sp³-hybridized carbons (Fsp3) is 0.516. The first-order chi connectivity index (χ1) is 18.0. The van der Waals surface area contributed by atoms with E-state index in [0.717, 1.165) is 63.2 Å². The summed E-state index contributed by atoms with van der Waals surface area (Å²) in [7, 11) is 0. The molecule has 0 aromatic heterocycles. The third kappa shape index (κ3) is 6.43. The van der Waals surface area contributed by atoms with Gasteiger partial charge in [-0.3, -0.25) is 14.6 Å². The van der Waals surface area contributed by atoms with Gasteiger partial charge in [0.1, 0.15) is 11.8 Å². The van der Waals surface area contributed by atoms with Crippen LogP contribution < -0.4 is 5.48 Å². The van der Waals surface area contributed by atoms with Gasteiger partial charge in [0.15, 0.2) is 0 Å². The van der Waals surface area contributed by atoms with Crippen LogP contribution in [0.15, 0.2) is 65.9 Å². The van der Waals surface area contributed by atoms with Gasteiger partial charge in [0.05, 0.1) is 5.57 Å². The molecule has 5 rings (SSSR count). The van der Waals surface area contributed by atoms with Crippen LogP contribution >= 0.6 is 0 Å². The van der Waals surface area contributed by atoms with Crippen LogP contribution in [0.5, 0.6) is 0 Å². The summed E-state index contributed by atoms with van der Waals surface area (Å²) >= 11 is 0. The van der Waals surface area contributed by atoms with E-state index in [4.69, 9.17) is 4.84 Å². The molecular weight excluding hydrogens is 460 g/mol. The topological polar surface area (TPSA) is 48.1 Å². The highest BCUT2D eigenvalue weighted by Crippen LogP contribution is 2.32. The van der Waals surface area contributed by atoms with Crippen molar-refractivity contribution < 1.29 is 9.63 Å². The SMILES string of the molecule is CC.CC1=C(C(=O)N2CCC(N3CCN(Cc4ccc(C)cc4)[C@@H](C)C3)CC2)C(c2ccccc2)NO1. The molecule has 1 unspecified atom stereocenters. The van der Waals surface area contributed by atoms with Gasteiger partial charge in [-0.2, -0.15) is 0 Å². The van der Waals surface area contributed by atoms with E-state index in [-0.39, 0.29) is 11.9 Å². The van der Waals surface area contributed by atoms with Crippen LogP contribution in [0.1, 0.15) is 63.3 Å². The molecule has 2 saturated heterocycles. The van der Waals surface area contributed by atoms with E-state index in [1.807, 2.05) is 56.0 Å². The van der Waals surface area contributed by atoms with Gasteiger partial charge in [-0.05, 0) is 44.7 Å². The predicted octanol–water partition coefficient (Wildman–Crippen LogP) is 5.07.